The van der Waals surface area contributed by atoms with E-state index in [1.807, 2.05) is 49.9 Å². The van der Waals surface area contributed by atoms with Crippen LogP contribution in [0.4, 0.5) is 0 Å². The van der Waals surface area contributed by atoms with Crippen molar-refractivity contribution in [3.05, 3.63) is 29.8 Å². The Morgan fingerprint density at radius 3 is 2.82 bits per heavy atom. The summed E-state index contributed by atoms with van der Waals surface area (Å²) in [4.78, 5) is 18.5. The SMILES string of the molecule is CCNC(=NCC(O)COc1cccc(C)c1)N1CC(C)C(C(=O)OC)C1.I. The van der Waals surface area contributed by atoms with E-state index in [-0.39, 0.29) is 54.9 Å². The maximum atomic E-state index is 11.9. The third kappa shape index (κ3) is 7.12. The smallest absolute Gasteiger partial charge is 0.310 e. The van der Waals surface area contributed by atoms with E-state index in [4.69, 9.17) is 9.47 Å². The van der Waals surface area contributed by atoms with Crippen molar-refractivity contribution >= 4 is 35.9 Å². The lowest BCUT2D eigenvalue weighted by molar-refractivity contribution is -0.145. The molecule has 0 spiro atoms. The van der Waals surface area contributed by atoms with E-state index < -0.39 is 6.10 Å². The zero-order valence-electron chi connectivity index (χ0n) is 17.1. The van der Waals surface area contributed by atoms with E-state index in [0.29, 0.717) is 19.0 Å². The number of rotatable bonds is 7. The maximum absolute atomic E-state index is 11.9. The van der Waals surface area contributed by atoms with Crippen LogP contribution in [0, 0.1) is 18.8 Å². The molecular formula is C20H32IN3O4. The van der Waals surface area contributed by atoms with Crippen molar-refractivity contribution in [1.82, 2.24) is 10.2 Å². The van der Waals surface area contributed by atoms with Crippen LogP contribution in [0.1, 0.15) is 19.4 Å². The number of carbonyl (C=O) groups is 1. The summed E-state index contributed by atoms with van der Waals surface area (Å²) in [6.07, 6.45) is -0.712. The van der Waals surface area contributed by atoms with E-state index >= 15 is 0 Å². The zero-order chi connectivity index (χ0) is 19.8. The number of ether oxygens (including phenoxy) is 2. The van der Waals surface area contributed by atoms with Crippen LogP contribution in [0.5, 0.6) is 5.75 Å². The minimum Gasteiger partial charge on any atom is -0.491 e. The van der Waals surface area contributed by atoms with Crippen molar-refractivity contribution < 1.29 is 19.4 Å². The first-order chi connectivity index (χ1) is 12.9. The minimum absolute atomic E-state index is 0. The zero-order valence-corrected chi connectivity index (χ0v) is 19.4. The standard InChI is InChI=1S/C20H31N3O4.HI/c1-5-21-20(23-11-15(3)18(12-23)19(25)26-4)22-10-16(24)13-27-17-8-6-7-14(2)9-17;/h6-9,15-16,18,24H,5,10-13H2,1-4H3,(H,21,22);1H. The second-order valence-corrected chi connectivity index (χ2v) is 6.99. The van der Waals surface area contributed by atoms with Crippen LogP contribution >= 0.6 is 24.0 Å². The van der Waals surface area contributed by atoms with Gasteiger partial charge in [-0.15, -0.1) is 24.0 Å². The number of nitrogens with one attached hydrogen (secondary N) is 1. The predicted octanol–water partition coefficient (Wildman–Crippen LogP) is 2.06. The molecule has 1 heterocycles. The Labute approximate surface area is 184 Å². The number of hydrogen-bond donors (Lipinski definition) is 2. The lowest BCUT2D eigenvalue weighted by Crippen LogP contribution is -2.41. The summed E-state index contributed by atoms with van der Waals surface area (Å²) in [7, 11) is 1.42. The lowest BCUT2D eigenvalue weighted by atomic mass is 9.99. The molecule has 0 bridgehead atoms. The molecule has 1 aromatic carbocycles. The molecule has 1 fully saturated rings. The highest BCUT2D eigenvalue weighted by Gasteiger charge is 2.36. The average molecular weight is 505 g/mol. The Morgan fingerprint density at radius 2 is 2.18 bits per heavy atom. The van der Waals surface area contributed by atoms with Gasteiger partial charge in [-0.2, -0.15) is 0 Å². The molecule has 158 valence electrons. The second kappa shape index (κ2) is 12.1. The van der Waals surface area contributed by atoms with Gasteiger partial charge in [0.1, 0.15) is 18.5 Å². The maximum Gasteiger partial charge on any atom is 0.310 e. The fourth-order valence-corrected chi connectivity index (χ4v) is 3.17. The monoisotopic (exact) mass is 505 g/mol. The summed E-state index contributed by atoms with van der Waals surface area (Å²) in [5.41, 5.74) is 1.11. The molecule has 2 N–H and O–H groups in total. The van der Waals surface area contributed by atoms with Crippen LogP contribution in [-0.4, -0.2) is 67.9 Å². The summed E-state index contributed by atoms with van der Waals surface area (Å²) in [5.74, 6) is 1.28. The van der Waals surface area contributed by atoms with Gasteiger partial charge in [0.15, 0.2) is 5.96 Å². The van der Waals surface area contributed by atoms with E-state index in [1.165, 1.54) is 7.11 Å². The first kappa shape index (κ1) is 24.5. The fourth-order valence-electron chi connectivity index (χ4n) is 3.17. The number of aliphatic hydroxyl groups excluding tert-OH is 1. The van der Waals surface area contributed by atoms with Gasteiger partial charge in [0, 0.05) is 19.6 Å². The number of likely N-dealkylation sites (tertiary alicyclic amines) is 1. The molecule has 0 aromatic heterocycles. The van der Waals surface area contributed by atoms with Crippen molar-refractivity contribution in [2.45, 2.75) is 26.9 Å². The number of aliphatic imine (C=N–C) groups is 1. The van der Waals surface area contributed by atoms with Crippen molar-refractivity contribution in [3.8, 4) is 5.75 Å². The van der Waals surface area contributed by atoms with Crippen LogP contribution in [0.25, 0.3) is 0 Å². The largest absolute Gasteiger partial charge is 0.491 e. The number of hydrogen-bond acceptors (Lipinski definition) is 5. The number of aryl methyl sites for hydroxylation is 1. The topological polar surface area (TPSA) is 83.4 Å². The Morgan fingerprint density at radius 1 is 1.43 bits per heavy atom. The van der Waals surface area contributed by atoms with E-state index in [9.17, 15) is 9.90 Å². The number of halogens is 1. The highest BCUT2D eigenvalue weighted by atomic mass is 127. The van der Waals surface area contributed by atoms with Gasteiger partial charge >= 0.3 is 5.97 Å². The molecule has 0 radical (unpaired) electrons. The van der Waals surface area contributed by atoms with Crippen molar-refractivity contribution in [2.75, 3.05) is 39.9 Å². The normalized spacial score (nSPS) is 20.3. The average Bonchev–Trinajstić information content (AvgIpc) is 3.04. The molecule has 1 saturated heterocycles. The quantitative estimate of drug-likeness (QED) is 0.256. The van der Waals surface area contributed by atoms with Crippen LogP contribution in [-0.2, 0) is 9.53 Å². The summed E-state index contributed by atoms with van der Waals surface area (Å²) in [6.45, 7) is 8.42. The second-order valence-electron chi connectivity index (χ2n) is 6.99. The third-order valence-corrected chi connectivity index (χ3v) is 4.63. The van der Waals surface area contributed by atoms with Crippen molar-refractivity contribution in [3.63, 3.8) is 0 Å². The third-order valence-electron chi connectivity index (χ3n) is 4.63. The molecule has 7 nitrogen and oxygen atoms in total. The number of benzene rings is 1. The number of esters is 1. The highest BCUT2D eigenvalue weighted by molar-refractivity contribution is 14.0. The Balaban J connectivity index is 0.00000392. The van der Waals surface area contributed by atoms with Gasteiger partial charge < -0.3 is 24.8 Å². The molecule has 1 aliphatic heterocycles. The van der Waals surface area contributed by atoms with E-state index in [1.54, 1.807) is 0 Å². The van der Waals surface area contributed by atoms with Crippen LogP contribution < -0.4 is 10.1 Å². The number of aliphatic hydroxyl groups is 1. The molecule has 0 aliphatic carbocycles. The molecule has 2 rings (SSSR count). The number of carbonyl (C=O) groups excluding carboxylic acids is 1. The summed E-state index contributed by atoms with van der Waals surface area (Å²) in [5, 5.41) is 13.4. The molecule has 1 aliphatic rings. The van der Waals surface area contributed by atoms with Gasteiger partial charge in [0.05, 0.1) is 19.6 Å². The first-order valence-electron chi connectivity index (χ1n) is 9.43. The lowest BCUT2D eigenvalue weighted by Gasteiger charge is -2.22. The number of methoxy groups -OCH3 is 1. The van der Waals surface area contributed by atoms with Crippen molar-refractivity contribution in [1.29, 1.82) is 0 Å². The summed E-state index contributed by atoms with van der Waals surface area (Å²) < 4.78 is 10.5. The Kier molecular flexibility index (Phi) is 10.6. The minimum atomic E-state index is -0.712. The van der Waals surface area contributed by atoms with Gasteiger partial charge in [-0.3, -0.25) is 9.79 Å². The molecule has 28 heavy (non-hydrogen) atoms. The van der Waals surface area contributed by atoms with Crippen LogP contribution in [0.3, 0.4) is 0 Å². The van der Waals surface area contributed by atoms with Crippen LogP contribution in [0.15, 0.2) is 29.3 Å². The van der Waals surface area contributed by atoms with Crippen molar-refractivity contribution in [2.24, 2.45) is 16.8 Å². The first-order valence-corrected chi connectivity index (χ1v) is 9.43. The van der Waals surface area contributed by atoms with Gasteiger partial charge in [-0.1, -0.05) is 19.1 Å². The van der Waals surface area contributed by atoms with Gasteiger partial charge in [-0.25, -0.2) is 0 Å². The molecule has 8 heteroatoms. The molecule has 0 amide bonds. The molecule has 3 atom stereocenters. The van der Waals surface area contributed by atoms with Crippen LogP contribution in [0.2, 0.25) is 0 Å². The number of nitrogens with zero attached hydrogens (tertiary/aromatic N) is 2. The number of guanidine groups is 1. The highest BCUT2D eigenvalue weighted by Crippen LogP contribution is 2.24. The Hall–Kier alpha value is -1.55. The predicted molar refractivity (Wildman–Crippen MR) is 120 cm³/mol. The van der Waals surface area contributed by atoms with Gasteiger partial charge in [0.25, 0.3) is 0 Å². The van der Waals surface area contributed by atoms with Gasteiger partial charge in [0.2, 0.25) is 0 Å². The molecule has 3 unspecified atom stereocenters. The molecule has 1 aromatic rings. The van der Waals surface area contributed by atoms with Gasteiger partial charge in [-0.05, 0) is 37.5 Å². The molecule has 0 saturated carbocycles. The van der Waals surface area contributed by atoms with E-state index in [2.05, 4.69) is 10.3 Å². The molecular weight excluding hydrogens is 473 g/mol. The van der Waals surface area contributed by atoms with E-state index in [0.717, 1.165) is 17.9 Å². The Bertz CT molecular complexity index is 656. The summed E-state index contributed by atoms with van der Waals surface area (Å²) >= 11 is 0. The fraction of sp³-hybridized carbons (Fsp3) is 0.600. The summed E-state index contributed by atoms with van der Waals surface area (Å²) in [6, 6.07) is 7.71.